The van der Waals surface area contributed by atoms with E-state index < -0.39 is 0 Å². The Balaban J connectivity index is 0.000000312. The fraction of sp³-hybridized carbons (Fsp3) is 0.250. The molecular formula is C16H21LiN2. The van der Waals surface area contributed by atoms with Gasteiger partial charge in [0, 0.05) is 11.4 Å². The molecule has 0 aromatic heterocycles. The Morgan fingerprint density at radius 1 is 0.789 bits per heavy atom. The molecule has 0 fully saturated rings. The van der Waals surface area contributed by atoms with Crippen LogP contribution in [0.25, 0.3) is 11.1 Å². The molecule has 0 radical (unpaired) electrons. The van der Waals surface area contributed by atoms with Gasteiger partial charge in [0.2, 0.25) is 0 Å². The van der Waals surface area contributed by atoms with Gasteiger partial charge in [0.1, 0.15) is 0 Å². The third-order valence-corrected chi connectivity index (χ3v) is 2.86. The van der Waals surface area contributed by atoms with Gasteiger partial charge >= 0.3 is 42.6 Å². The molecular weight excluding hydrogens is 227 g/mol. The summed E-state index contributed by atoms with van der Waals surface area (Å²) in [4.78, 5) is 0. The van der Waals surface area contributed by atoms with E-state index in [2.05, 4.69) is 24.6 Å². The Morgan fingerprint density at radius 3 is 1.37 bits per heavy atom. The van der Waals surface area contributed by atoms with Crippen molar-refractivity contribution in [3.8, 4) is 11.1 Å². The molecule has 2 aromatic rings. The molecule has 0 saturated carbocycles. The molecule has 2 rings (SSSR count). The number of unbranched alkanes of at least 4 members (excludes halogenated alkanes) is 1. The summed E-state index contributed by atoms with van der Waals surface area (Å²) in [5.74, 6) is 0. The van der Waals surface area contributed by atoms with Crippen LogP contribution in [-0.2, 0) is 0 Å². The van der Waals surface area contributed by atoms with Crippen molar-refractivity contribution >= 4 is 29.1 Å². The van der Waals surface area contributed by atoms with E-state index >= 15 is 0 Å². The van der Waals surface area contributed by atoms with Crippen LogP contribution in [0.3, 0.4) is 0 Å². The van der Waals surface area contributed by atoms with Crippen molar-refractivity contribution in [2.45, 2.75) is 24.9 Å². The van der Waals surface area contributed by atoms with Crippen molar-refractivity contribution in [3.63, 3.8) is 0 Å². The number of benzene rings is 2. The van der Waals surface area contributed by atoms with Gasteiger partial charge in [0.05, 0.1) is 0 Å². The van der Waals surface area contributed by atoms with Crippen LogP contribution in [0.5, 0.6) is 0 Å². The van der Waals surface area contributed by atoms with Crippen molar-refractivity contribution in [1.29, 1.82) is 0 Å². The van der Waals surface area contributed by atoms with Gasteiger partial charge in [0.25, 0.3) is 0 Å². The Labute approximate surface area is 125 Å². The maximum atomic E-state index is 5.61. The van der Waals surface area contributed by atoms with Crippen LogP contribution < -0.4 is 11.5 Å². The quantitative estimate of drug-likeness (QED) is 0.639. The molecule has 0 aliphatic rings. The first kappa shape index (κ1) is 15.7. The van der Waals surface area contributed by atoms with Gasteiger partial charge in [-0.1, -0.05) is 24.3 Å². The third-order valence-electron chi connectivity index (χ3n) is 2.86. The Kier molecular flexibility index (Phi) is 7.18. The molecule has 0 aliphatic carbocycles. The molecule has 0 saturated heterocycles. The topological polar surface area (TPSA) is 52.0 Å². The molecule has 0 heterocycles. The number of nitrogen functional groups attached to an aromatic ring is 2. The summed E-state index contributed by atoms with van der Waals surface area (Å²) in [6, 6.07) is 15.6. The van der Waals surface area contributed by atoms with E-state index in [0.29, 0.717) is 0 Å². The summed E-state index contributed by atoms with van der Waals surface area (Å²) in [5, 5.41) is 1.34. The Morgan fingerprint density at radius 2 is 1.16 bits per heavy atom. The zero-order chi connectivity index (χ0) is 14.1. The van der Waals surface area contributed by atoms with Crippen molar-refractivity contribution in [3.05, 3.63) is 48.5 Å². The summed E-state index contributed by atoms with van der Waals surface area (Å²) in [5.41, 5.74) is 15.1. The Hall–Kier alpha value is -1.36. The molecule has 0 atom stereocenters. The van der Waals surface area contributed by atoms with E-state index in [1.807, 2.05) is 48.5 Å². The summed E-state index contributed by atoms with van der Waals surface area (Å²) in [7, 11) is 0. The van der Waals surface area contributed by atoms with Gasteiger partial charge in [-0.15, -0.1) is 0 Å². The zero-order valence-electron chi connectivity index (χ0n) is 11.9. The molecule has 2 aromatic carbocycles. The molecule has 0 aliphatic heterocycles. The van der Waals surface area contributed by atoms with Crippen molar-refractivity contribution in [1.82, 2.24) is 0 Å². The second kappa shape index (κ2) is 8.69. The number of nitrogens with two attached hydrogens (primary N) is 2. The summed E-state index contributed by atoms with van der Waals surface area (Å²) < 4.78 is 0. The zero-order valence-corrected chi connectivity index (χ0v) is 11.9. The van der Waals surface area contributed by atoms with Crippen LogP contribution in [0.4, 0.5) is 11.4 Å². The third kappa shape index (κ3) is 5.87. The van der Waals surface area contributed by atoms with Crippen LogP contribution in [0.2, 0.25) is 5.09 Å². The standard InChI is InChI=1S/C12H12N2.C4H9.Li/c13-11-5-1-9(2-6-11)10-3-7-12(14)8-4-10;1-3-4-2;/h1-8H,13-14H2;1,3-4H2,2H3;. The summed E-state index contributed by atoms with van der Waals surface area (Å²) in [6.45, 7) is 2.21. The van der Waals surface area contributed by atoms with E-state index in [4.69, 9.17) is 11.5 Å². The summed E-state index contributed by atoms with van der Waals surface area (Å²) >= 11 is 2.21. The number of hydrogen-bond donors (Lipinski definition) is 2. The number of hydrogen-bond acceptors (Lipinski definition) is 2. The molecule has 0 bridgehead atoms. The van der Waals surface area contributed by atoms with Gasteiger partial charge in [-0.3, -0.25) is 0 Å². The fourth-order valence-corrected chi connectivity index (χ4v) is 1.70. The molecule has 96 valence electrons. The van der Waals surface area contributed by atoms with Crippen LogP contribution in [0.15, 0.2) is 48.5 Å². The normalized spacial score (nSPS) is 9.63. The van der Waals surface area contributed by atoms with E-state index in [0.717, 1.165) is 22.5 Å². The van der Waals surface area contributed by atoms with Crippen LogP contribution in [-0.4, -0.2) is 17.7 Å². The number of anilines is 2. The second-order valence-corrected chi connectivity index (χ2v) is 4.60. The molecule has 0 amide bonds. The predicted molar refractivity (Wildman–Crippen MR) is 86.2 cm³/mol. The van der Waals surface area contributed by atoms with Gasteiger partial charge in [-0.2, -0.15) is 0 Å². The van der Waals surface area contributed by atoms with E-state index in [9.17, 15) is 0 Å². The van der Waals surface area contributed by atoms with Gasteiger partial charge in [-0.05, 0) is 35.4 Å². The monoisotopic (exact) mass is 248 g/mol. The minimum atomic E-state index is 0.782. The number of rotatable bonds is 3. The first-order valence-corrected chi connectivity index (χ1v) is 6.88. The van der Waals surface area contributed by atoms with E-state index in [1.165, 1.54) is 17.9 Å². The molecule has 3 heteroatoms. The first-order valence-electron chi connectivity index (χ1n) is 6.88. The van der Waals surface area contributed by atoms with Crippen LogP contribution in [0.1, 0.15) is 19.8 Å². The molecule has 0 spiro atoms. The van der Waals surface area contributed by atoms with Crippen LogP contribution >= 0.6 is 0 Å². The van der Waals surface area contributed by atoms with Gasteiger partial charge in [0.15, 0.2) is 0 Å². The van der Waals surface area contributed by atoms with Crippen molar-refractivity contribution in [2.75, 3.05) is 11.5 Å². The maximum absolute atomic E-state index is 5.61. The molecule has 2 nitrogen and oxygen atoms in total. The summed E-state index contributed by atoms with van der Waals surface area (Å²) in [6.07, 6.45) is 2.73. The second-order valence-electron chi connectivity index (χ2n) is 4.60. The van der Waals surface area contributed by atoms with E-state index in [1.54, 1.807) is 0 Å². The predicted octanol–water partition coefficient (Wildman–Crippen LogP) is 3.89. The van der Waals surface area contributed by atoms with Crippen molar-refractivity contribution < 1.29 is 0 Å². The van der Waals surface area contributed by atoms with Gasteiger partial charge in [-0.25, -0.2) is 0 Å². The molecule has 4 N–H and O–H groups in total. The van der Waals surface area contributed by atoms with Crippen molar-refractivity contribution in [2.24, 2.45) is 0 Å². The van der Waals surface area contributed by atoms with Crippen LogP contribution in [0, 0.1) is 0 Å². The average molecular weight is 248 g/mol. The SMILES string of the molecule is Nc1ccc(-c2ccc(N)cc2)cc1.[Li][CH2]CCC. The Bertz CT molecular complexity index is 418. The van der Waals surface area contributed by atoms with E-state index in [-0.39, 0.29) is 0 Å². The van der Waals surface area contributed by atoms with Gasteiger partial charge < -0.3 is 11.5 Å². The molecule has 0 unspecified atom stereocenters. The fourth-order valence-electron chi connectivity index (χ4n) is 1.70. The first-order chi connectivity index (χ1) is 9.17. The molecule has 19 heavy (non-hydrogen) atoms. The minimum absolute atomic E-state index is 0.782. The average Bonchev–Trinajstić information content (AvgIpc) is 2.42.